The highest BCUT2D eigenvalue weighted by atomic mass is 32.2. The van der Waals surface area contributed by atoms with E-state index in [1.54, 1.807) is 24.7 Å². The van der Waals surface area contributed by atoms with Crippen LogP contribution in [-0.2, 0) is 16.7 Å². The van der Waals surface area contributed by atoms with Gasteiger partial charge in [-0.15, -0.1) is 0 Å². The Morgan fingerprint density at radius 1 is 1.00 bits per heavy atom. The molecule has 1 unspecified atom stereocenters. The summed E-state index contributed by atoms with van der Waals surface area (Å²) < 4.78 is 26.8. The summed E-state index contributed by atoms with van der Waals surface area (Å²) in [6.45, 7) is 6.38. The molecule has 0 radical (unpaired) electrons. The Bertz CT molecular complexity index is 851. The molecule has 0 bridgehead atoms. The van der Waals surface area contributed by atoms with Crippen molar-refractivity contribution < 1.29 is 8.76 Å². The molecule has 0 fully saturated rings. The normalized spacial score (nSPS) is 12.8. The van der Waals surface area contributed by atoms with Crippen LogP contribution in [0.2, 0.25) is 0 Å². The van der Waals surface area contributed by atoms with Crippen molar-refractivity contribution in [2.75, 3.05) is 4.31 Å². The third-order valence-corrected chi connectivity index (χ3v) is 4.72. The number of imidazole rings is 1. The lowest BCUT2D eigenvalue weighted by Gasteiger charge is -2.27. The summed E-state index contributed by atoms with van der Waals surface area (Å²) in [7, 11) is 0. The van der Waals surface area contributed by atoms with E-state index in [9.17, 15) is 8.76 Å². The predicted octanol–water partition coefficient (Wildman–Crippen LogP) is 4.10. The van der Waals surface area contributed by atoms with E-state index in [-0.39, 0.29) is 5.41 Å². The second-order valence-corrected chi connectivity index (χ2v) is 7.59. The first kappa shape index (κ1) is 17.4. The Morgan fingerprint density at radius 3 is 2.00 bits per heavy atom. The van der Waals surface area contributed by atoms with Crippen molar-refractivity contribution in [3.63, 3.8) is 0 Å². The van der Waals surface area contributed by atoms with Crippen molar-refractivity contribution >= 4 is 22.6 Å². The fourth-order valence-electron chi connectivity index (χ4n) is 2.59. The molecule has 0 aliphatic carbocycles. The van der Waals surface area contributed by atoms with Gasteiger partial charge < -0.3 is 9.12 Å². The molecule has 3 rings (SSSR count). The molecular weight excluding hydrogens is 334 g/mol. The molecule has 130 valence electrons. The van der Waals surface area contributed by atoms with E-state index in [0.29, 0.717) is 11.4 Å². The molecule has 0 amide bonds. The van der Waals surface area contributed by atoms with Crippen LogP contribution in [0.25, 0.3) is 5.69 Å². The van der Waals surface area contributed by atoms with Gasteiger partial charge in [-0.2, -0.15) is 0 Å². The fraction of sp³-hybridized carbons (Fsp3) is 0.211. The highest BCUT2D eigenvalue weighted by Crippen LogP contribution is 2.30. The minimum absolute atomic E-state index is 0.0203. The highest BCUT2D eigenvalue weighted by Gasteiger charge is 2.15. The SMILES string of the molecule is CC(C)(C)c1ccc(N(c2ccc(-n3ccnc3)cc2)S(=O)[O-])cc1. The topological polar surface area (TPSA) is 61.2 Å². The number of hydrogen-bond donors (Lipinski definition) is 0. The van der Waals surface area contributed by atoms with Gasteiger partial charge in [-0.05, 0) is 47.4 Å². The van der Waals surface area contributed by atoms with Crippen LogP contribution in [0.15, 0.2) is 67.3 Å². The first-order chi connectivity index (χ1) is 11.9. The molecule has 3 aromatic rings. The summed E-state index contributed by atoms with van der Waals surface area (Å²) in [6, 6.07) is 14.9. The lowest BCUT2D eigenvalue weighted by atomic mass is 9.87. The molecule has 0 saturated carbocycles. The van der Waals surface area contributed by atoms with E-state index in [2.05, 4.69) is 25.8 Å². The molecular formula is C19H20N3O2S-. The molecule has 0 N–H and O–H groups in total. The largest absolute Gasteiger partial charge is 0.755 e. The lowest BCUT2D eigenvalue weighted by Crippen LogP contribution is -2.20. The number of rotatable bonds is 4. The Balaban J connectivity index is 1.92. The van der Waals surface area contributed by atoms with Crippen molar-refractivity contribution in [2.45, 2.75) is 26.2 Å². The van der Waals surface area contributed by atoms with Crippen LogP contribution in [0.5, 0.6) is 0 Å². The molecule has 1 atom stereocenters. The number of benzene rings is 2. The third-order valence-electron chi connectivity index (χ3n) is 4.00. The van der Waals surface area contributed by atoms with Crippen LogP contribution in [0.3, 0.4) is 0 Å². The Morgan fingerprint density at radius 2 is 1.56 bits per heavy atom. The van der Waals surface area contributed by atoms with Crippen LogP contribution in [0.4, 0.5) is 11.4 Å². The zero-order chi connectivity index (χ0) is 18.0. The number of nitrogens with zero attached hydrogens (tertiary/aromatic N) is 3. The molecule has 0 aliphatic heterocycles. The van der Waals surface area contributed by atoms with E-state index in [1.807, 2.05) is 47.2 Å². The number of hydrogen-bond acceptors (Lipinski definition) is 3. The summed E-state index contributed by atoms with van der Waals surface area (Å²) >= 11 is -2.41. The molecule has 1 aromatic heterocycles. The Labute approximate surface area is 150 Å². The summed E-state index contributed by atoms with van der Waals surface area (Å²) in [5, 5.41) is 0. The number of aromatic nitrogens is 2. The van der Waals surface area contributed by atoms with E-state index >= 15 is 0 Å². The summed E-state index contributed by atoms with van der Waals surface area (Å²) in [6.07, 6.45) is 5.23. The standard InChI is InChI=1S/C19H21N3O2S/c1-19(2,3)15-4-6-17(7-5-15)22(25(23)24)18-10-8-16(9-11-18)21-13-12-20-14-21/h4-14H,1-3H3,(H,23,24)/p-1. The zero-order valence-corrected chi connectivity index (χ0v) is 15.2. The maximum Gasteiger partial charge on any atom is 0.0991 e. The molecule has 2 aromatic carbocycles. The molecule has 0 saturated heterocycles. The van der Waals surface area contributed by atoms with Gasteiger partial charge in [0.25, 0.3) is 0 Å². The first-order valence-electron chi connectivity index (χ1n) is 7.95. The fourth-order valence-corrected chi connectivity index (χ4v) is 3.18. The molecule has 0 aliphatic rings. The van der Waals surface area contributed by atoms with Crippen LogP contribution >= 0.6 is 0 Å². The quantitative estimate of drug-likeness (QED) is 0.663. The summed E-state index contributed by atoms with van der Waals surface area (Å²) in [5.74, 6) is 0. The molecule has 1 heterocycles. The van der Waals surface area contributed by atoms with Gasteiger partial charge in [0, 0.05) is 18.1 Å². The van der Waals surface area contributed by atoms with E-state index < -0.39 is 11.3 Å². The monoisotopic (exact) mass is 354 g/mol. The lowest BCUT2D eigenvalue weighted by molar-refractivity contribution is 0.537. The average Bonchev–Trinajstić information content (AvgIpc) is 3.09. The van der Waals surface area contributed by atoms with Gasteiger partial charge in [0.05, 0.1) is 29.0 Å². The third kappa shape index (κ3) is 3.81. The van der Waals surface area contributed by atoms with E-state index in [1.165, 1.54) is 4.31 Å². The number of anilines is 2. The Kier molecular flexibility index (Phi) is 4.74. The van der Waals surface area contributed by atoms with Gasteiger partial charge in [0.2, 0.25) is 0 Å². The second-order valence-electron chi connectivity index (χ2n) is 6.79. The van der Waals surface area contributed by atoms with Gasteiger partial charge in [0.1, 0.15) is 0 Å². The smallest absolute Gasteiger partial charge is 0.0991 e. The second kappa shape index (κ2) is 6.82. The molecule has 25 heavy (non-hydrogen) atoms. The van der Waals surface area contributed by atoms with Gasteiger partial charge >= 0.3 is 0 Å². The van der Waals surface area contributed by atoms with E-state index in [0.717, 1.165) is 11.3 Å². The van der Waals surface area contributed by atoms with Crippen LogP contribution in [0.1, 0.15) is 26.3 Å². The van der Waals surface area contributed by atoms with E-state index in [4.69, 9.17) is 0 Å². The van der Waals surface area contributed by atoms with Crippen molar-refractivity contribution in [1.29, 1.82) is 0 Å². The maximum absolute atomic E-state index is 11.8. The van der Waals surface area contributed by atoms with Crippen molar-refractivity contribution in [3.8, 4) is 5.69 Å². The van der Waals surface area contributed by atoms with Crippen molar-refractivity contribution in [3.05, 3.63) is 72.8 Å². The van der Waals surface area contributed by atoms with Crippen LogP contribution in [-0.4, -0.2) is 18.3 Å². The predicted molar refractivity (Wildman–Crippen MR) is 99.8 cm³/mol. The minimum atomic E-state index is -2.41. The first-order valence-corrected chi connectivity index (χ1v) is 8.98. The average molecular weight is 354 g/mol. The Hall–Kier alpha value is -2.44. The highest BCUT2D eigenvalue weighted by molar-refractivity contribution is 7.81. The summed E-state index contributed by atoms with van der Waals surface area (Å²) in [4.78, 5) is 4.01. The van der Waals surface area contributed by atoms with Gasteiger partial charge in [-0.3, -0.25) is 8.51 Å². The minimum Gasteiger partial charge on any atom is -0.755 e. The van der Waals surface area contributed by atoms with Gasteiger partial charge in [-0.25, -0.2) is 4.98 Å². The molecule has 6 heteroatoms. The van der Waals surface area contributed by atoms with Crippen molar-refractivity contribution in [2.24, 2.45) is 0 Å². The van der Waals surface area contributed by atoms with Crippen LogP contribution < -0.4 is 4.31 Å². The van der Waals surface area contributed by atoms with Gasteiger partial charge in [0.15, 0.2) is 0 Å². The molecule has 5 nitrogen and oxygen atoms in total. The summed E-state index contributed by atoms with van der Waals surface area (Å²) in [5.41, 5.74) is 3.29. The van der Waals surface area contributed by atoms with Gasteiger partial charge in [-0.1, -0.05) is 32.9 Å². The van der Waals surface area contributed by atoms with Crippen molar-refractivity contribution in [1.82, 2.24) is 9.55 Å². The zero-order valence-electron chi connectivity index (χ0n) is 14.4. The molecule has 0 spiro atoms. The van der Waals surface area contributed by atoms with Crippen LogP contribution in [0, 0.1) is 0 Å². The maximum atomic E-state index is 11.8.